The van der Waals surface area contributed by atoms with Gasteiger partial charge in [-0.2, -0.15) is 0 Å². The molecule has 8 heteroatoms. The molecule has 0 fully saturated rings. The molecule has 0 saturated heterocycles. The lowest BCUT2D eigenvalue weighted by atomic mass is 10.1. The van der Waals surface area contributed by atoms with E-state index in [9.17, 15) is 13.2 Å². The molecule has 0 aliphatic carbocycles. The molecular formula is C18H23N3O4S. The molecule has 1 N–H and O–H groups in total. The molecule has 7 nitrogen and oxygen atoms in total. The summed E-state index contributed by atoms with van der Waals surface area (Å²) in [4.78, 5) is 21.0. The van der Waals surface area contributed by atoms with Gasteiger partial charge in [0, 0.05) is 32.3 Å². The number of H-pyrrole nitrogens is 1. The highest BCUT2D eigenvalue weighted by Crippen LogP contribution is 2.19. The second-order valence-electron chi connectivity index (χ2n) is 6.52. The molecule has 1 aliphatic rings. The summed E-state index contributed by atoms with van der Waals surface area (Å²) in [6.07, 6.45) is 2.57. The minimum atomic E-state index is -3.52. The van der Waals surface area contributed by atoms with Gasteiger partial charge in [-0.3, -0.25) is 14.7 Å². The predicted molar refractivity (Wildman–Crippen MR) is 98.0 cm³/mol. The molecule has 3 rings (SSSR count). The average molecular weight is 377 g/mol. The number of aromatic nitrogens is 2. The first-order valence-corrected chi connectivity index (χ1v) is 10.5. The largest absolute Gasteiger partial charge is 0.494 e. The Hall–Kier alpha value is -2.19. The zero-order valence-electron chi connectivity index (χ0n) is 15.0. The van der Waals surface area contributed by atoms with Crippen LogP contribution in [0.4, 0.5) is 0 Å². The van der Waals surface area contributed by atoms with Crippen molar-refractivity contribution in [3.63, 3.8) is 0 Å². The molecule has 0 bridgehead atoms. The van der Waals surface area contributed by atoms with Gasteiger partial charge in [0.2, 0.25) is 15.0 Å². The van der Waals surface area contributed by atoms with Crippen molar-refractivity contribution in [1.29, 1.82) is 0 Å². The highest BCUT2D eigenvalue weighted by atomic mass is 32.2. The first-order chi connectivity index (χ1) is 12.4. The van der Waals surface area contributed by atoms with Gasteiger partial charge in [-0.25, -0.2) is 13.4 Å². The maximum atomic E-state index is 12.3. The Bertz CT molecular complexity index is 936. The SMILES string of the molecule is CCCOc1ccc(CN2CCc3nc(S(C)(=O)=O)[nH]c(=O)c3C2)cc1. The van der Waals surface area contributed by atoms with E-state index in [-0.39, 0.29) is 10.7 Å². The molecule has 1 aromatic carbocycles. The molecular weight excluding hydrogens is 354 g/mol. The molecule has 0 spiro atoms. The fourth-order valence-electron chi connectivity index (χ4n) is 2.94. The van der Waals surface area contributed by atoms with Gasteiger partial charge in [0.05, 0.1) is 17.9 Å². The van der Waals surface area contributed by atoms with Crippen molar-refractivity contribution in [2.45, 2.75) is 38.0 Å². The van der Waals surface area contributed by atoms with Crippen LogP contribution in [-0.2, 0) is 29.3 Å². The Morgan fingerprint density at radius 1 is 1.27 bits per heavy atom. The number of ether oxygens (including phenoxy) is 1. The maximum absolute atomic E-state index is 12.3. The van der Waals surface area contributed by atoms with E-state index in [0.717, 1.165) is 30.5 Å². The van der Waals surface area contributed by atoms with Crippen molar-refractivity contribution >= 4 is 9.84 Å². The van der Waals surface area contributed by atoms with Crippen LogP contribution in [0, 0.1) is 0 Å². The average Bonchev–Trinajstić information content (AvgIpc) is 2.61. The second-order valence-corrected chi connectivity index (χ2v) is 8.45. The number of rotatable bonds is 6. The highest BCUT2D eigenvalue weighted by molar-refractivity contribution is 7.90. The standard InChI is InChI=1S/C18H23N3O4S/c1-3-10-25-14-6-4-13(5-7-14)11-21-9-8-16-15(12-21)17(22)20-18(19-16)26(2,23)24/h4-7H,3,8-12H2,1-2H3,(H,19,20,22). The van der Waals surface area contributed by atoms with Gasteiger partial charge in [-0.05, 0) is 24.1 Å². The first kappa shape index (κ1) is 18.6. The molecule has 1 aromatic heterocycles. The van der Waals surface area contributed by atoms with Crippen LogP contribution >= 0.6 is 0 Å². The Morgan fingerprint density at radius 2 is 2.00 bits per heavy atom. The summed E-state index contributed by atoms with van der Waals surface area (Å²) in [7, 11) is -3.52. The molecule has 0 radical (unpaired) electrons. The Labute approximate surface area is 153 Å². The Kier molecular flexibility index (Phi) is 5.43. The van der Waals surface area contributed by atoms with Crippen molar-refractivity contribution in [2.75, 3.05) is 19.4 Å². The quantitative estimate of drug-likeness (QED) is 0.768. The number of sulfone groups is 1. The smallest absolute Gasteiger partial charge is 0.256 e. The molecule has 1 aliphatic heterocycles. The van der Waals surface area contributed by atoms with E-state index in [0.29, 0.717) is 37.4 Å². The van der Waals surface area contributed by atoms with E-state index < -0.39 is 9.84 Å². The van der Waals surface area contributed by atoms with Gasteiger partial charge >= 0.3 is 0 Å². The van der Waals surface area contributed by atoms with Crippen LogP contribution in [0.2, 0.25) is 0 Å². The van der Waals surface area contributed by atoms with Crippen LogP contribution in [0.25, 0.3) is 0 Å². The first-order valence-electron chi connectivity index (χ1n) is 8.63. The molecule has 0 unspecified atom stereocenters. The lowest BCUT2D eigenvalue weighted by Crippen LogP contribution is -2.36. The lowest BCUT2D eigenvalue weighted by molar-refractivity contribution is 0.240. The summed E-state index contributed by atoms with van der Waals surface area (Å²) < 4.78 is 28.8. The number of fused-ring (bicyclic) bond motifs is 1. The summed E-state index contributed by atoms with van der Waals surface area (Å²) in [5.41, 5.74) is 1.89. The van der Waals surface area contributed by atoms with Crippen molar-refractivity contribution in [3.8, 4) is 5.75 Å². The third kappa shape index (κ3) is 4.31. The van der Waals surface area contributed by atoms with E-state index >= 15 is 0 Å². The fraction of sp³-hybridized carbons (Fsp3) is 0.444. The monoisotopic (exact) mass is 377 g/mol. The maximum Gasteiger partial charge on any atom is 0.256 e. The van der Waals surface area contributed by atoms with E-state index in [4.69, 9.17) is 4.74 Å². The number of nitrogens with one attached hydrogen (secondary N) is 1. The number of hydrogen-bond donors (Lipinski definition) is 1. The van der Waals surface area contributed by atoms with Gasteiger partial charge < -0.3 is 4.74 Å². The van der Waals surface area contributed by atoms with Gasteiger partial charge in [0.25, 0.3) is 5.56 Å². The van der Waals surface area contributed by atoms with Crippen molar-refractivity contribution < 1.29 is 13.2 Å². The summed E-state index contributed by atoms with van der Waals surface area (Å²) in [5.74, 6) is 0.855. The summed E-state index contributed by atoms with van der Waals surface area (Å²) in [5, 5.41) is -0.252. The van der Waals surface area contributed by atoms with Gasteiger partial charge in [0.1, 0.15) is 5.75 Å². The predicted octanol–water partition coefficient (Wildman–Crippen LogP) is 1.52. The molecule has 2 aromatic rings. The molecule has 0 atom stereocenters. The number of nitrogens with zero attached hydrogens (tertiary/aromatic N) is 2. The fourth-order valence-corrected chi connectivity index (χ4v) is 3.49. The zero-order valence-corrected chi connectivity index (χ0v) is 15.8. The van der Waals surface area contributed by atoms with Crippen LogP contribution in [0.5, 0.6) is 5.75 Å². The van der Waals surface area contributed by atoms with E-state index in [2.05, 4.69) is 21.8 Å². The number of hydrogen-bond acceptors (Lipinski definition) is 6. The summed E-state index contributed by atoms with van der Waals surface area (Å²) >= 11 is 0. The highest BCUT2D eigenvalue weighted by Gasteiger charge is 2.23. The van der Waals surface area contributed by atoms with Crippen molar-refractivity contribution in [1.82, 2.24) is 14.9 Å². The van der Waals surface area contributed by atoms with E-state index in [1.807, 2.05) is 24.3 Å². The van der Waals surface area contributed by atoms with Crippen LogP contribution in [0.3, 0.4) is 0 Å². The molecule has 0 amide bonds. The molecule has 26 heavy (non-hydrogen) atoms. The molecule has 140 valence electrons. The van der Waals surface area contributed by atoms with Gasteiger partial charge in [-0.15, -0.1) is 0 Å². The van der Waals surface area contributed by atoms with Gasteiger partial charge in [-0.1, -0.05) is 19.1 Å². The third-order valence-electron chi connectivity index (χ3n) is 4.28. The zero-order chi connectivity index (χ0) is 18.7. The second kappa shape index (κ2) is 7.59. The summed E-state index contributed by atoms with van der Waals surface area (Å²) in [6, 6.07) is 7.96. The van der Waals surface area contributed by atoms with E-state index in [1.165, 1.54) is 0 Å². The third-order valence-corrected chi connectivity index (χ3v) is 5.18. The minimum absolute atomic E-state index is 0.252. The van der Waals surface area contributed by atoms with E-state index in [1.54, 1.807) is 0 Å². The minimum Gasteiger partial charge on any atom is -0.494 e. The normalized spacial score (nSPS) is 14.8. The Morgan fingerprint density at radius 3 is 2.65 bits per heavy atom. The Balaban J connectivity index is 1.72. The van der Waals surface area contributed by atoms with Crippen LogP contribution in [-0.4, -0.2) is 42.7 Å². The van der Waals surface area contributed by atoms with Crippen LogP contribution in [0.15, 0.2) is 34.2 Å². The molecule has 2 heterocycles. The topological polar surface area (TPSA) is 92.4 Å². The number of aromatic amines is 1. The van der Waals surface area contributed by atoms with Gasteiger partial charge in [0.15, 0.2) is 0 Å². The van der Waals surface area contributed by atoms with Crippen LogP contribution in [0.1, 0.15) is 30.2 Å². The lowest BCUT2D eigenvalue weighted by Gasteiger charge is -2.27. The van der Waals surface area contributed by atoms with Crippen LogP contribution < -0.4 is 10.3 Å². The van der Waals surface area contributed by atoms with Crippen molar-refractivity contribution in [2.24, 2.45) is 0 Å². The van der Waals surface area contributed by atoms with Crippen molar-refractivity contribution in [3.05, 3.63) is 51.4 Å². The number of benzene rings is 1. The molecule has 0 saturated carbocycles. The summed E-state index contributed by atoms with van der Waals surface area (Å²) in [6.45, 7) is 4.66.